The fourth-order valence-corrected chi connectivity index (χ4v) is 0.144. The molecule has 0 spiro atoms. The molecule has 0 heterocycles. The Labute approximate surface area is 43.0 Å². The van der Waals surface area contributed by atoms with Crippen LogP contribution in [0.4, 0.5) is 0 Å². The highest BCUT2D eigenvalue weighted by Crippen LogP contribution is 1.86. The first-order chi connectivity index (χ1) is 3.27. The summed E-state index contributed by atoms with van der Waals surface area (Å²) in [7, 11) is 0. The highest BCUT2D eigenvalue weighted by atomic mass is 16.5. The van der Waals surface area contributed by atoms with Gasteiger partial charge in [-0.3, -0.25) is 0 Å². The second-order valence-electron chi connectivity index (χ2n) is 1.40. The fourth-order valence-electron chi connectivity index (χ4n) is 0.144. The Morgan fingerprint density at radius 2 is 2.29 bits per heavy atom. The third kappa shape index (κ3) is 5.03. The lowest BCUT2D eigenvalue weighted by Gasteiger charge is -1.81. The van der Waals surface area contributed by atoms with Gasteiger partial charge in [-0.1, -0.05) is 0 Å². The Hall–Kier alpha value is -0.970. The maximum Gasteiger partial charge on any atom is 0.291 e. The van der Waals surface area contributed by atoms with Crippen molar-refractivity contribution < 1.29 is 4.74 Å². The van der Waals surface area contributed by atoms with Crippen molar-refractivity contribution in [2.45, 2.75) is 13.8 Å². The molecule has 0 saturated carbocycles. The van der Waals surface area contributed by atoms with E-state index in [0.29, 0.717) is 0 Å². The minimum absolute atomic E-state index is 0.988. The highest BCUT2D eigenvalue weighted by Gasteiger charge is 1.71. The van der Waals surface area contributed by atoms with Crippen LogP contribution in [-0.2, 0) is 4.74 Å². The van der Waals surface area contributed by atoms with Gasteiger partial charge in [-0.25, -0.2) is 0 Å². The summed E-state index contributed by atoms with van der Waals surface area (Å²) < 4.78 is 4.24. The van der Waals surface area contributed by atoms with Crippen LogP contribution in [0.1, 0.15) is 13.8 Å². The second-order valence-corrected chi connectivity index (χ2v) is 1.40. The molecular formula is C5H7NO. The summed E-state index contributed by atoms with van der Waals surface area (Å²) in [6, 6.07) is 0. The number of allylic oxidation sites excluding steroid dienone is 1. The van der Waals surface area contributed by atoms with Crippen molar-refractivity contribution in [3.63, 3.8) is 0 Å². The van der Waals surface area contributed by atoms with Crippen LogP contribution in [0.25, 0.3) is 0 Å². The summed E-state index contributed by atoms with van der Waals surface area (Å²) in [4.78, 5) is 0. The highest BCUT2D eigenvalue weighted by molar-refractivity contribution is 4.87. The van der Waals surface area contributed by atoms with Crippen LogP contribution in [0.3, 0.4) is 0 Å². The summed E-state index contributed by atoms with van der Waals surface area (Å²) in [6.07, 6.45) is 2.93. The number of hydrogen-bond donors (Lipinski definition) is 0. The lowest BCUT2D eigenvalue weighted by atomic mass is 10.4. The molecule has 38 valence electrons. The predicted octanol–water partition coefficient (Wildman–Crippen LogP) is 1.41. The molecule has 0 aliphatic heterocycles. The van der Waals surface area contributed by atoms with E-state index in [1.54, 1.807) is 0 Å². The van der Waals surface area contributed by atoms with Gasteiger partial charge in [-0.2, -0.15) is 0 Å². The second kappa shape index (κ2) is 3.23. The lowest BCUT2D eigenvalue weighted by molar-refractivity contribution is 0.423. The first-order valence-electron chi connectivity index (χ1n) is 1.95. The maximum atomic E-state index is 7.80. The number of rotatable bonds is 1. The van der Waals surface area contributed by atoms with Gasteiger partial charge in [-0.15, -0.1) is 5.26 Å². The van der Waals surface area contributed by atoms with Gasteiger partial charge in [0.1, 0.15) is 6.26 Å². The van der Waals surface area contributed by atoms with Crippen LogP contribution < -0.4 is 0 Å². The third-order valence-corrected chi connectivity index (χ3v) is 0.347. The van der Waals surface area contributed by atoms with E-state index < -0.39 is 0 Å². The van der Waals surface area contributed by atoms with Crippen molar-refractivity contribution in [1.82, 2.24) is 0 Å². The molecule has 0 saturated heterocycles. The maximum absolute atomic E-state index is 7.80. The summed E-state index contributed by atoms with van der Waals surface area (Å²) in [6.45, 7) is 3.72. The molecule has 0 aliphatic rings. The van der Waals surface area contributed by atoms with Crippen LogP contribution in [0.15, 0.2) is 11.8 Å². The molecule has 0 aliphatic carbocycles. The Kier molecular flexibility index (Phi) is 2.78. The van der Waals surface area contributed by atoms with E-state index in [-0.39, 0.29) is 0 Å². The molecule has 0 amide bonds. The summed E-state index contributed by atoms with van der Waals surface area (Å²) in [5.74, 6) is 0. The number of ether oxygens (including phenoxy) is 1. The van der Waals surface area contributed by atoms with Gasteiger partial charge >= 0.3 is 0 Å². The van der Waals surface area contributed by atoms with Gasteiger partial charge in [0.25, 0.3) is 6.26 Å². The van der Waals surface area contributed by atoms with E-state index in [0.717, 1.165) is 5.57 Å². The Morgan fingerprint density at radius 3 is 2.43 bits per heavy atom. The van der Waals surface area contributed by atoms with Gasteiger partial charge in [-0.05, 0) is 19.4 Å². The van der Waals surface area contributed by atoms with E-state index >= 15 is 0 Å². The van der Waals surface area contributed by atoms with Crippen LogP contribution in [0.5, 0.6) is 0 Å². The van der Waals surface area contributed by atoms with E-state index in [9.17, 15) is 0 Å². The third-order valence-electron chi connectivity index (χ3n) is 0.347. The predicted molar refractivity (Wildman–Crippen MR) is 26.1 cm³/mol. The van der Waals surface area contributed by atoms with Gasteiger partial charge in [0.05, 0.1) is 0 Å². The normalized spacial score (nSPS) is 6.43. The first kappa shape index (κ1) is 6.03. The number of hydrogen-bond acceptors (Lipinski definition) is 2. The molecule has 0 unspecified atom stereocenters. The number of nitrogens with zero attached hydrogens (tertiary/aromatic N) is 1. The molecule has 0 N–H and O–H groups in total. The smallest absolute Gasteiger partial charge is 0.291 e. The Bertz CT molecular complexity index is 106. The van der Waals surface area contributed by atoms with Crippen molar-refractivity contribution in [3.8, 4) is 6.26 Å². The summed E-state index contributed by atoms with van der Waals surface area (Å²) in [5, 5.41) is 7.80. The summed E-state index contributed by atoms with van der Waals surface area (Å²) >= 11 is 0. The van der Waals surface area contributed by atoms with E-state index in [1.165, 1.54) is 12.5 Å². The average molecular weight is 97.1 g/mol. The molecule has 0 aromatic heterocycles. The molecule has 0 aromatic rings. The van der Waals surface area contributed by atoms with Crippen LogP contribution in [0, 0.1) is 11.5 Å². The molecule has 0 aromatic carbocycles. The van der Waals surface area contributed by atoms with Crippen molar-refractivity contribution in [3.05, 3.63) is 11.8 Å². The zero-order chi connectivity index (χ0) is 5.70. The molecule has 7 heavy (non-hydrogen) atoms. The fraction of sp³-hybridized carbons (Fsp3) is 0.400. The SMILES string of the molecule is CC(C)=COC#N. The monoisotopic (exact) mass is 97.1 g/mol. The van der Waals surface area contributed by atoms with Gasteiger partial charge in [0, 0.05) is 0 Å². The molecular weight excluding hydrogens is 90.1 g/mol. The molecule has 0 fully saturated rings. The molecule has 2 nitrogen and oxygen atoms in total. The van der Waals surface area contributed by atoms with Crippen molar-refractivity contribution in [1.29, 1.82) is 5.26 Å². The van der Waals surface area contributed by atoms with Gasteiger partial charge in [0.2, 0.25) is 0 Å². The minimum Gasteiger partial charge on any atom is -0.396 e. The zero-order valence-electron chi connectivity index (χ0n) is 4.43. The molecule has 0 bridgehead atoms. The van der Waals surface area contributed by atoms with E-state index in [2.05, 4.69) is 4.74 Å². The van der Waals surface area contributed by atoms with Crippen LogP contribution in [-0.4, -0.2) is 0 Å². The first-order valence-corrected chi connectivity index (χ1v) is 1.95. The molecule has 0 rings (SSSR count). The average Bonchev–Trinajstić information content (AvgIpc) is 1.61. The topological polar surface area (TPSA) is 33.0 Å². The van der Waals surface area contributed by atoms with E-state index in [4.69, 9.17) is 5.26 Å². The van der Waals surface area contributed by atoms with Gasteiger partial charge < -0.3 is 4.74 Å². The molecule has 0 atom stereocenters. The minimum atomic E-state index is 0.988. The van der Waals surface area contributed by atoms with Crippen molar-refractivity contribution in [2.75, 3.05) is 0 Å². The molecule has 0 radical (unpaired) electrons. The molecule has 2 heteroatoms. The Balaban J connectivity index is 3.32. The quantitative estimate of drug-likeness (QED) is 0.366. The summed E-state index contributed by atoms with van der Waals surface area (Å²) in [5.41, 5.74) is 0.988. The van der Waals surface area contributed by atoms with Gasteiger partial charge in [0.15, 0.2) is 0 Å². The zero-order valence-corrected chi connectivity index (χ0v) is 4.43. The largest absolute Gasteiger partial charge is 0.396 e. The van der Waals surface area contributed by atoms with Crippen molar-refractivity contribution >= 4 is 0 Å². The van der Waals surface area contributed by atoms with Crippen LogP contribution >= 0.6 is 0 Å². The lowest BCUT2D eigenvalue weighted by Crippen LogP contribution is -1.66. The van der Waals surface area contributed by atoms with Crippen LogP contribution in [0.2, 0.25) is 0 Å². The Morgan fingerprint density at radius 1 is 1.71 bits per heavy atom. The standard InChI is InChI=1S/C5H7NO/c1-5(2)3-7-4-6/h3H,1-2H3. The number of nitriles is 1. The van der Waals surface area contributed by atoms with E-state index in [1.807, 2.05) is 13.8 Å². The van der Waals surface area contributed by atoms with Crippen molar-refractivity contribution in [2.24, 2.45) is 0 Å².